The van der Waals surface area contributed by atoms with Crippen molar-refractivity contribution < 1.29 is 4.79 Å². The van der Waals surface area contributed by atoms with E-state index in [1.165, 1.54) is 0 Å². The summed E-state index contributed by atoms with van der Waals surface area (Å²) in [7, 11) is 1.84. The monoisotopic (exact) mass is 292 g/mol. The Balaban J connectivity index is 2.21. The van der Waals surface area contributed by atoms with Gasteiger partial charge in [-0.3, -0.25) is 4.79 Å². The normalized spacial score (nSPS) is 10.6. The first kappa shape index (κ1) is 14.6. The van der Waals surface area contributed by atoms with E-state index in [9.17, 15) is 4.79 Å². The van der Waals surface area contributed by atoms with E-state index in [1.807, 2.05) is 32.2 Å². The van der Waals surface area contributed by atoms with E-state index >= 15 is 0 Å². The fraction of sp³-hybridized carbons (Fsp3) is 0.286. The Kier molecular flexibility index (Phi) is 4.76. The smallest absolute Gasteiger partial charge is 0.254 e. The minimum absolute atomic E-state index is 0.119. The number of carbonyl (C=O) groups excluding carboxylic acids is 1. The standard InChI is InChI=1S/C14H17ClN4O/c1-10-13(14(20)17-7-6-16-2)9-18-19(10)12-5-3-4-11(15)8-12/h3-5,8-9,16H,6-7H2,1-2H3,(H,17,20). The third kappa shape index (κ3) is 3.18. The van der Waals surface area contributed by atoms with Crippen molar-refractivity contribution in [2.24, 2.45) is 0 Å². The van der Waals surface area contributed by atoms with Crippen molar-refractivity contribution >= 4 is 17.5 Å². The number of amides is 1. The van der Waals surface area contributed by atoms with Crippen LogP contribution < -0.4 is 10.6 Å². The molecule has 5 nitrogen and oxygen atoms in total. The van der Waals surface area contributed by atoms with Crippen LogP contribution in [0.25, 0.3) is 5.69 Å². The van der Waals surface area contributed by atoms with Gasteiger partial charge >= 0.3 is 0 Å². The number of nitrogens with zero attached hydrogens (tertiary/aromatic N) is 2. The number of hydrogen-bond acceptors (Lipinski definition) is 3. The van der Waals surface area contributed by atoms with Gasteiger partial charge in [0, 0.05) is 18.1 Å². The molecule has 0 fully saturated rings. The fourth-order valence-corrected chi connectivity index (χ4v) is 2.08. The number of rotatable bonds is 5. The van der Waals surface area contributed by atoms with Crippen LogP contribution in [0.15, 0.2) is 30.5 Å². The summed E-state index contributed by atoms with van der Waals surface area (Å²) in [6.45, 7) is 3.17. The van der Waals surface area contributed by atoms with Gasteiger partial charge in [-0.15, -0.1) is 0 Å². The molecule has 0 radical (unpaired) electrons. The Morgan fingerprint density at radius 3 is 2.90 bits per heavy atom. The molecule has 6 heteroatoms. The molecule has 2 rings (SSSR count). The molecule has 0 bridgehead atoms. The van der Waals surface area contributed by atoms with Gasteiger partial charge < -0.3 is 10.6 Å². The summed E-state index contributed by atoms with van der Waals surface area (Å²) in [5.41, 5.74) is 2.19. The van der Waals surface area contributed by atoms with E-state index in [4.69, 9.17) is 11.6 Å². The summed E-state index contributed by atoms with van der Waals surface area (Å²) >= 11 is 5.97. The third-order valence-electron chi connectivity index (χ3n) is 2.97. The molecule has 0 aliphatic carbocycles. The first-order chi connectivity index (χ1) is 9.63. The molecule has 1 amide bonds. The van der Waals surface area contributed by atoms with Crippen LogP contribution in [0, 0.1) is 6.92 Å². The highest BCUT2D eigenvalue weighted by Crippen LogP contribution is 2.17. The second-order valence-electron chi connectivity index (χ2n) is 4.39. The first-order valence-electron chi connectivity index (χ1n) is 6.37. The van der Waals surface area contributed by atoms with E-state index < -0.39 is 0 Å². The molecular weight excluding hydrogens is 276 g/mol. The van der Waals surface area contributed by atoms with Gasteiger partial charge in [0.1, 0.15) is 0 Å². The van der Waals surface area contributed by atoms with E-state index in [1.54, 1.807) is 16.9 Å². The topological polar surface area (TPSA) is 58.9 Å². The molecule has 1 heterocycles. The van der Waals surface area contributed by atoms with Crippen molar-refractivity contribution in [1.82, 2.24) is 20.4 Å². The van der Waals surface area contributed by atoms with Crippen molar-refractivity contribution in [2.75, 3.05) is 20.1 Å². The molecule has 2 aromatic rings. The van der Waals surface area contributed by atoms with E-state index in [-0.39, 0.29) is 5.91 Å². The Morgan fingerprint density at radius 1 is 1.40 bits per heavy atom. The lowest BCUT2D eigenvalue weighted by Crippen LogP contribution is -2.30. The second kappa shape index (κ2) is 6.54. The number of aromatic nitrogens is 2. The maximum absolute atomic E-state index is 12.0. The van der Waals surface area contributed by atoms with Crippen molar-refractivity contribution in [3.8, 4) is 5.69 Å². The van der Waals surface area contributed by atoms with Gasteiger partial charge in [0.15, 0.2) is 0 Å². The predicted octanol–water partition coefficient (Wildman–Crippen LogP) is 1.78. The summed E-state index contributed by atoms with van der Waals surface area (Å²) in [6.07, 6.45) is 1.57. The summed E-state index contributed by atoms with van der Waals surface area (Å²) in [6, 6.07) is 7.36. The minimum Gasteiger partial charge on any atom is -0.351 e. The van der Waals surface area contributed by atoms with Gasteiger partial charge in [-0.05, 0) is 32.2 Å². The highest BCUT2D eigenvalue weighted by atomic mass is 35.5. The molecule has 0 atom stereocenters. The van der Waals surface area contributed by atoms with Gasteiger partial charge in [-0.1, -0.05) is 17.7 Å². The van der Waals surface area contributed by atoms with E-state index in [0.717, 1.165) is 17.9 Å². The van der Waals surface area contributed by atoms with Crippen LogP contribution in [0.3, 0.4) is 0 Å². The molecule has 0 saturated heterocycles. The third-order valence-corrected chi connectivity index (χ3v) is 3.20. The van der Waals surface area contributed by atoms with Gasteiger partial charge in [0.2, 0.25) is 0 Å². The molecule has 2 N–H and O–H groups in total. The summed E-state index contributed by atoms with van der Waals surface area (Å²) in [4.78, 5) is 12.0. The molecule has 1 aromatic carbocycles. The van der Waals surface area contributed by atoms with E-state index in [2.05, 4.69) is 15.7 Å². The maximum Gasteiger partial charge on any atom is 0.254 e. The Morgan fingerprint density at radius 2 is 2.20 bits per heavy atom. The zero-order valence-electron chi connectivity index (χ0n) is 11.5. The zero-order valence-corrected chi connectivity index (χ0v) is 12.2. The average Bonchev–Trinajstić information content (AvgIpc) is 2.81. The summed E-state index contributed by atoms with van der Waals surface area (Å²) < 4.78 is 1.71. The minimum atomic E-state index is -0.119. The second-order valence-corrected chi connectivity index (χ2v) is 4.83. The molecule has 20 heavy (non-hydrogen) atoms. The number of hydrogen-bond donors (Lipinski definition) is 2. The number of halogens is 1. The van der Waals surface area contributed by atoms with Crippen molar-refractivity contribution in [1.29, 1.82) is 0 Å². The van der Waals surface area contributed by atoms with Crippen LogP contribution in [0.4, 0.5) is 0 Å². The summed E-state index contributed by atoms with van der Waals surface area (Å²) in [5.74, 6) is -0.119. The maximum atomic E-state index is 12.0. The molecule has 0 unspecified atom stereocenters. The molecule has 106 valence electrons. The Bertz CT molecular complexity index is 609. The van der Waals surface area contributed by atoms with Crippen molar-refractivity contribution in [2.45, 2.75) is 6.92 Å². The lowest BCUT2D eigenvalue weighted by molar-refractivity contribution is 0.0953. The number of nitrogens with one attached hydrogen (secondary N) is 2. The van der Waals surface area contributed by atoms with Gasteiger partial charge in [0.05, 0.1) is 23.1 Å². The fourth-order valence-electron chi connectivity index (χ4n) is 1.90. The SMILES string of the molecule is CNCCNC(=O)c1cnn(-c2cccc(Cl)c2)c1C. The van der Waals surface area contributed by atoms with Crippen molar-refractivity contribution in [3.05, 3.63) is 46.7 Å². The van der Waals surface area contributed by atoms with Gasteiger partial charge in [-0.2, -0.15) is 5.10 Å². The molecular formula is C14H17ClN4O. The summed E-state index contributed by atoms with van der Waals surface area (Å²) in [5, 5.41) is 10.7. The molecule has 0 saturated carbocycles. The predicted molar refractivity (Wildman–Crippen MR) is 79.6 cm³/mol. The molecule has 0 spiro atoms. The Hall–Kier alpha value is -1.85. The van der Waals surface area contributed by atoms with Crippen LogP contribution in [0.2, 0.25) is 5.02 Å². The van der Waals surface area contributed by atoms with Crippen LogP contribution in [0.1, 0.15) is 16.1 Å². The Labute approximate surface area is 122 Å². The number of carbonyl (C=O) groups is 1. The van der Waals surface area contributed by atoms with Crippen LogP contribution >= 0.6 is 11.6 Å². The van der Waals surface area contributed by atoms with Gasteiger partial charge in [0.25, 0.3) is 5.91 Å². The van der Waals surface area contributed by atoms with Crippen LogP contribution in [-0.2, 0) is 0 Å². The van der Waals surface area contributed by atoms with E-state index in [0.29, 0.717) is 17.1 Å². The number of likely N-dealkylation sites (N-methyl/N-ethyl adjacent to an activating group) is 1. The van der Waals surface area contributed by atoms with Crippen LogP contribution in [0.5, 0.6) is 0 Å². The lowest BCUT2D eigenvalue weighted by atomic mass is 10.2. The first-order valence-corrected chi connectivity index (χ1v) is 6.74. The van der Waals surface area contributed by atoms with Crippen LogP contribution in [-0.4, -0.2) is 35.8 Å². The molecule has 0 aliphatic heterocycles. The van der Waals surface area contributed by atoms with Crippen molar-refractivity contribution in [3.63, 3.8) is 0 Å². The quantitative estimate of drug-likeness (QED) is 0.826. The molecule has 0 aliphatic rings. The average molecular weight is 293 g/mol. The lowest BCUT2D eigenvalue weighted by Gasteiger charge is -2.06. The highest BCUT2D eigenvalue weighted by molar-refractivity contribution is 6.30. The number of benzene rings is 1. The molecule has 1 aromatic heterocycles. The zero-order chi connectivity index (χ0) is 14.5. The highest BCUT2D eigenvalue weighted by Gasteiger charge is 2.14. The van der Waals surface area contributed by atoms with Gasteiger partial charge in [-0.25, -0.2) is 4.68 Å². The largest absolute Gasteiger partial charge is 0.351 e.